The van der Waals surface area contributed by atoms with Crippen LogP contribution in [0, 0.1) is 0 Å². The third-order valence-corrected chi connectivity index (χ3v) is 7.24. The summed E-state index contributed by atoms with van der Waals surface area (Å²) in [4.78, 5) is 38.3. The van der Waals surface area contributed by atoms with E-state index in [1.807, 2.05) is 31.2 Å². The molecule has 0 radical (unpaired) electrons. The molecular weight excluding hydrogens is 546 g/mol. The summed E-state index contributed by atoms with van der Waals surface area (Å²) in [5.41, 5.74) is 1.68. The Balaban J connectivity index is 1.61. The third kappa shape index (κ3) is 5.27. The van der Waals surface area contributed by atoms with E-state index in [-0.39, 0.29) is 4.91 Å². The van der Waals surface area contributed by atoms with Gasteiger partial charge < -0.3 is 14.2 Å². The zero-order valence-corrected chi connectivity index (χ0v) is 22.4. The van der Waals surface area contributed by atoms with Gasteiger partial charge in [-0.05, 0) is 65.7 Å². The Labute approximate surface area is 221 Å². The standard InChI is InChI=1S/C27H24BrNO6S/c1-4-34-22-12-19(13-24-25(30)29(27(32)36-24)16(2)26(31)33-3)21(28)14-23(22)35-15-18-10-7-9-17-8-5-6-11-20(17)18/h5-14,16H,4,15H2,1-3H3/b24-13+/t16-/m1/s1. The maximum atomic E-state index is 12.9. The van der Waals surface area contributed by atoms with Gasteiger partial charge in [0.05, 0.1) is 18.6 Å². The number of rotatable bonds is 8. The number of ether oxygens (including phenoxy) is 3. The molecule has 1 atom stereocenters. The molecule has 36 heavy (non-hydrogen) atoms. The van der Waals surface area contributed by atoms with Crippen molar-refractivity contribution in [2.45, 2.75) is 26.5 Å². The van der Waals surface area contributed by atoms with Crippen molar-refractivity contribution in [3.63, 3.8) is 0 Å². The van der Waals surface area contributed by atoms with Gasteiger partial charge in [0.25, 0.3) is 11.1 Å². The lowest BCUT2D eigenvalue weighted by molar-refractivity contribution is -0.148. The number of esters is 1. The van der Waals surface area contributed by atoms with Crippen LogP contribution in [0.15, 0.2) is 64.0 Å². The summed E-state index contributed by atoms with van der Waals surface area (Å²) in [5, 5.41) is 1.72. The van der Waals surface area contributed by atoms with E-state index in [1.54, 1.807) is 18.2 Å². The Bertz CT molecular complexity index is 1370. The molecule has 1 saturated heterocycles. The zero-order valence-electron chi connectivity index (χ0n) is 19.9. The van der Waals surface area contributed by atoms with Gasteiger partial charge in [-0.15, -0.1) is 0 Å². The second-order valence-corrected chi connectivity index (χ2v) is 9.78. The Kier molecular flexibility index (Phi) is 8.01. The van der Waals surface area contributed by atoms with Gasteiger partial charge in [0, 0.05) is 4.47 Å². The smallest absolute Gasteiger partial charge is 0.328 e. The second kappa shape index (κ2) is 11.2. The minimum absolute atomic E-state index is 0.198. The van der Waals surface area contributed by atoms with Gasteiger partial charge in [-0.25, -0.2) is 4.79 Å². The highest BCUT2D eigenvalue weighted by molar-refractivity contribution is 9.10. The number of thioether (sulfide) groups is 1. The van der Waals surface area contributed by atoms with Crippen molar-refractivity contribution in [1.82, 2.24) is 4.90 Å². The van der Waals surface area contributed by atoms with E-state index < -0.39 is 23.2 Å². The number of hydrogen-bond acceptors (Lipinski definition) is 7. The molecular formula is C27H24BrNO6S. The van der Waals surface area contributed by atoms with Crippen LogP contribution in [0.25, 0.3) is 16.8 Å². The van der Waals surface area contributed by atoms with Crippen LogP contribution in [0.5, 0.6) is 11.5 Å². The summed E-state index contributed by atoms with van der Waals surface area (Å²) >= 11 is 4.32. The summed E-state index contributed by atoms with van der Waals surface area (Å²) in [6.45, 7) is 4.09. The number of benzene rings is 3. The van der Waals surface area contributed by atoms with Gasteiger partial charge in [-0.2, -0.15) is 0 Å². The first-order valence-corrected chi connectivity index (χ1v) is 12.9. The minimum Gasteiger partial charge on any atom is -0.490 e. The molecule has 9 heteroatoms. The average Bonchev–Trinajstić information content (AvgIpc) is 3.16. The lowest BCUT2D eigenvalue weighted by atomic mass is 10.1. The molecule has 0 aliphatic carbocycles. The maximum absolute atomic E-state index is 12.9. The van der Waals surface area contributed by atoms with E-state index in [2.05, 4.69) is 38.9 Å². The van der Waals surface area contributed by atoms with Gasteiger partial charge >= 0.3 is 5.97 Å². The second-order valence-electron chi connectivity index (χ2n) is 7.93. The number of fused-ring (bicyclic) bond motifs is 1. The number of amides is 2. The van der Waals surface area contributed by atoms with Crippen molar-refractivity contribution in [3.8, 4) is 11.5 Å². The van der Waals surface area contributed by atoms with Crippen LogP contribution in [-0.4, -0.2) is 41.8 Å². The summed E-state index contributed by atoms with van der Waals surface area (Å²) in [6, 6.07) is 16.7. The van der Waals surface area contributed by atoms with Gasteiger partial charge in [0.1, 0.15) is 12.6 Å². The number of methoxy groups -OCH3 is 1. The highest BCUT2D eigenvalue weighted by atomic mass is 79.9. The summed E-state index contributed by atoms with van der Waals surface area (Å²) < 4.78 is 17.3. The topological polar surface area (TPSA) is 82.1 Å². The van der Waals surface area contributed by atoms with E-state index >= 15 is 0 Å². The van der Waals surface area contributed by atoms with Crippen molar-refractivity contribution >= 4 is 61.7 Å². The first kappa shape index (κ1) is 25.8. The normalized spacial score (nSPS) is 15.4. The first-order chi connectivity index (χ1) is 17.3. The largest absolute Gasteiger partial charge is 0.490 e. The quantitative estimate of drug-likeness (QED) is 0.236. The predicted octanol–water partition coefficient (Wildman–Crippen LogP) is 6.18. The van der Waals surface area contributed by atoms with E-state index in [0.717, 1.165) is 33.0 Å². The fraction of sp³-hybridized carbons (Fsp3) is 0.222. The molecule has 3 aromatic carbocycles. The lowest BCUT2D eigenvalue weighted by Crippen LogP contribution is -2.42. The van der Waals surface area contributed by atoms with Gasteiger partial charge in [-0.3, -0.25) is 14.5 Å². The van der Waals surface area contributed by atoms with Crippen molar-refractivity contribution in [2.24, 2.45) is 0 Å². The van der Waals surface area contributed by atoms with E-state index in [9.17, 15) is 14.4 Å². The number of halogens is 1. The first-order valence-electron chi connectivity index (χ1n) is 11.2. The molecule has 1 fully saturated rings. The van der Waals surface area contributed by atoms with Crippen LogP contribution in [0.4, 0.5) is 4.79 Å². The SMILES string of the molecule is CCOc1cc(/C=C2/SC(=O)N([C@H](C)C(=O)OC)C2=O)c(Br)cc1OCc1cccc2ccccc12. The zero-order chi connectivity index (χ0) is 25.8. The average molecular weight is 570 g/mol. The van der Waals surface area contributed by atoms with E-state index in [1.165, 1.54) is 14.0 Å². The molecule has 2 amide bonds. The fourth-order valence-electron chi connectivity index (χ4n) is 3.85. The van der Waals surface area contributed by atoms with Crippen molar-refractivity contribution < 1.29 is 28.6 Å². The highest BCUT2D eigenvalue weighted by Crippen LogP contribution is 2.39. The van der Waals surface area contributed by atoms with Gasteiger partial charge in [0.15, 0.2) is 11.5 Å². The molecule has 0 N–H and O–H groups in total. The van der Waals surface area contributed by atoms with Gasteiger partial charge in [0.2, 0.25) is 0 Å². The van der Waals surface area contributed by atoms with Crippen molar-refractivity contribution in [2.75, 3.05) is 13.7 Å². The summed E-state index contributed by atoms with van der Waals surface area (Å²) in [6.07, 6.45) is 1.59. The molecule has 4 rings (SSSR count). The molecule has 1 aliphatic heterocycles. The van der Waals surface area contributed by atoms with Crippen LogP contribution in [-0.2, 0) is 20.9 Å². The van der Waals surface area contributed by atoms with Crippen LogP contribution in [0.2, 0.25) is 0 Å². The van der Waals surface area contributed by atoms with Crippen LogP contribution >= 0.6 is 27.7 Å². The number of carbonyl (C=O) groups excluding carboxylic acids is 3. The Morgan fingerprint density at radius 3 is 2.56 bits per heavy atom. The predicted molar refractivity (Wildman–Crippen MR) is 143 cm³/mol. The van der Waals surface area contributed by atoms with Crippen molar-refractivity contribution in [3.05, 3.63) is 75.1 Å². The molecule has 7 nitrogen and oxygen atoms in total. The van der Waals surface area contributed by atoms with Crippen LogP contribution in [0.1, 0.15) is 25.0 Å². The lowest BCUT2D eigenvalue weighted by Gasteiger charge is -2.18. The van der Waals surface area contributed by atoms with Crippen LogP contribution in [0.3, 0.4) is 0 Å². The Morgan fingerprint density at radius 1 is 1.08 bits per heavy atom. The summed E-state index contributed by atoms with van der Waals surface area (Å²) in [7, 11) is 1.21. The molecule has 1 heterocycles. The minimum atomic E-state index is -1.01. The molecule has 0 bridgehead atoms. The number of hydrogen-bond donors (Lipinski definition) is 0. The maximum Gasteiger partial charge on any atom is 0.328 e. The van der Waals surface area contributed by atoms with Gasteiger partial charge in [-0.1, -0.05) is 58.4 Å². The molecule has 0 spiro atoms. The number of imide groups is 1. The van der Waals surface area contributed by atoms with Crippen LogP contribution < -0.4 is 9.47 Å². The van der Waals surface area contributed by atoms with Crippen molar-refractivity contribution in [1.29, 1.82) is 0 Å². The fourth-order valence-corrected chi connectivity index (χ4v) is 5.18. The van der Waals surface area contributed by atoms with E-state index in [0.29, 0.717) is 34.7 Å². The molecule has 0 unspecified atom stereocenters. The number of carbonyl (C=O) groups is 3. The molecule has 3 aromatic rings. The monoisotopic (exact) mass is 569 g/mol. The molecule has 0 saturated carbocycles. The third-order valence-electron chi connectivity index (χ3n) is 5.67. The number of nitrogens with zero attached hydrogens (tertiary/aromatic N) is 1. The Morgan fingerprint density at radius 2 is 1.81 bits per heavy atom. The Hall–Kier alpha value is -3.30. The molecule has 186 valence electrons. The summed E-state index contributed by atoms with van der Waals surface area (Å²) in [5.74, 6) is -0.161. The highest BCUT2D eigenvalue weighted by Gasteiger charge is 2.41. The van der Waals surface area contributed by atoms with E-state index in [4.69, 9.17) is 9.47 Å². The molecule has 0 aromatic heterocycles. The molecule has 1 aliphatic rings.